The Balaban J connectivity index is 2.14. The maximum atomic E-state index is 12.1. The zero-order valence-electron chi connectivity index (χ0n) is 13.7. The topological polar surface area (TPSA) is 105 Å². The molecule has 1 aromatic carbocycles. The molecule has 1 fully saturated rings. The minimum absolute atomic E-state index is 0.0810. The van der Waals surface area contributed by atoms with Crippen LogP contribution >= 0.6 is 0 Å². The van der Waals surface area contributed by atoms with Crippen LogP contribution in [-0.2, 0) is 4.79 Å². The summed E-state index contributed by atoms with van der Waals surface area (Å²) < 4.78 is 0. The Labute approximate surface area is 140 Å². The highest BCUT2D eigenvalue weighted by Crippen LogP contribution is 2.31. The molecule has 0 unspecified atom stereocenters. The lowest BCUT2D eigenvalue weighted by Gasteiger charge is -2.28. The molecule has 0 bridgehead atoms. The number of nitro benzene ring substituents is 1. The van der Waals surface area contributed by atoms with Crippen molar-refractivity contribution in [3.63, 3.8) is 0 Å². The molecule has 1 heterocycles. The molecule has 0 aromatic heterocycles. The highest BCUT2D eigenvalue weighted by molar-refractivity contribution is 5.97. The quantitative estimate of drug-likeness (QED) is 0.605. The minimum atomic E-state index is -0.505. The van der Waals surface area contributed by atoms with E-state index >= 15 is 0 Å². The maximum absolute atomic E-state index is 12.1. The van der Waals surface area contributed by atoms with Crippen LogP contribution in [0.2, 0.25) is 0 Å². The lowest BCUT2D eigenvalue weighted by molar-refractivity contribution is -0.384. The molecular weight excluding hydrogens is 312 g/mol. The molecule has 0 aliphatic carbocycles. The maximum Gasteiger partial charge on any atom is 0.293 e. The van der Waals surface area contributed by atoms with Crippen molar-refractivity contribution in [2.75, 3.05) is 31.1 Å². The van der Waals surface area contributed by atoms with Crippen molar-refractivity contribution < 1.29 is 14.5 Å². The van der Waals surface area contributed by atoms with Crippen molar-refractivity contribution >= 4 is 23.2 Å². The molecule has 1 aliphatic rings. The first-order valence-corrected chi connectivity index (χ1v) is 8.11. The Morgan fingerprint density at radius 2 is 1.92 bits per heavy atom. The molecule has 0 spiro atoms. The van der Waals surface area contributed by atoms with Gasteiger partial charge >= 0.3 is 0 Å². The van der Waals surface area contributed by atoms with Gasteiger partial charge in [-0.3, -0.25) is 19.7 Å². The number of likely N-dealkylation sites (N-methyl/N-ethyl adjacent to an activating group) is 1. The highest BCUT2D eigenvalue weighted by Gasteiger charge is 2.23. The van der Waals surface area contributed by atoms with Crippen LogP contribution in [0.4, 0.5) is 11.4 Å². The van der Waals surface area contributed by atoms with Crippen molar-refractivity contribution in [1.82, 2.24) is 10.6 Å². The van der Waals surface area contributed by atoms with Crippen molar-refractivity contribution in [1.29, 1.82) is 0 Å². The van der Waals surface area contributed by atoms with Crippen LogP contribution in [0.3, 0.4) is 0 Å². The van der Waals surface area contributed by atoms with Crippen LogP contribution in [0.5, 0.6) is 0 Å². The fourth-order valence-corrected chi connectivity index (χ4v) is 2.74. The van der Waals surface area contributed by atoms with E-state index in [0.29, 0.717) is 12.2 Å². The molecule has 2 amide bonds. The monoisotopic (exact) mass is 334 g/mol. The highest BCUT2D eigenvalue weighted by atomic mass is 16.6. The Kier molecular flexibility index (Phi) is 6.11. The van der Waals surface area contributed by atoms with Gasteiger partial charge in [0.05, 0.1) is 11.5 Å². The third-order valence-electron chi connectivity index (χ3n) is 3.91. The molecule has 2 N–H and O–H groups in total. The largest absolute Gasteiger partial charge is 0.366 e. The molecule has 1 aromatic rings. The van der Waals surface area contributed by atoms with Gasteiger partial charge in [-0.2, -0.15) is 0 Å². The van der Waals surface area contributed by atoms with Gasteiger partial charge in [0.1, 0.15) is 5.69 Å². The van der Waals surface area contributed by atoms with E-state index < -0.39 is 10.8 Å². The summed E-state index contributed by atoms with van der Waals surface area (Å²) in [5.74, 6) is -0.806. The second kappa shape index (κ2) is 8.28. The van der Waals surface area contributed by atoms with Crippen LogP contribution in [0, 0.1) is 10.1 Å². The number of hydrogen-bond donors (Lipinski definition) is 2. The average Bonchev–Trinajstić information content (AvgIpc) is 2.60. The molecule has 1 saturated heterocycles. The summed E-state index contributed by atoms with van der Waals surface area (Å²) in [4.78, 5) is 36.4. The molecular formula is C16H22N4O4. The molecule has 1 aliphatic heterocycles. The Bertz CT molecular complexity index is 627. The van der Waals surface area contributed by atoms with E-state index in [1.807, 2.05) is 4.90 Å². The van der Waals surface area contributed by atoms with Crippen LogP contribution < -0.4 is 15.5 Å². The second-order valence-electron chi connectivity index (χ2n) is 5.64. The minimum Gasteiger partial charge on any atom is -0.366 e. The van der Waals surface area contributed by atoms with Crippen LogP contribution in [-0.4, -0.2) is 42.9 Å². The first kappa shape index (κ1) is 17.7. The third kappa shape index (κ3) is 4.43. The Morgan fingerprint density at radius 1 is 1.21 bits per heavy atom. The Morgan fingerprint density at radius 3 is 2.54 bits per heavy atom. The first-order chi connectivity index (χ1) is 11.5. The number of carbonyl (C=O) groups is 2. The van der Waals surface area contributed by atoms with E-state index in [0.717, 1.165) is 32.4 Å². The lowest BCUT2D eigenvalue weighted by atomic mass is 10.1. The summed E-state index contributed by atoms with van der Waals surface area (Å²) in [6.45, 7) is 3.66. The molecule has 24 heavy (non-hydrogen) atoms. The zero-order chi connectivity index (χ0) is 17.5. The molecule has 0 radical (unpaired) electrons. The van der Waals surface area contributed by atoms with E-state index in [1.165, 1.54) is 6.07 Å². The van der Waals surface area contributed by atoms with E-state index in [1.54, 1.807) is 19.1 Å². The van der Waals surface area contributed by atoms with Crippen LogP contribution in [0.15, 0.2) is 18.2 Å². The van der Waals surface area contributed by atoms with Gasteiger partial charge in [0.25, 0.3) is 11.6 Å². The number of anilines is 1. The van der Waals surface area contributed by atoms with Gasteiger partial charge in [-0.15, -0.1) is 0 Å². The number of nitrogens with zero attached hydrogens (tertiary/aromatic N) is 2. The standard InChI is InChI=1S/C16H22N4O4/c1-2-17-15(21)11-18-16(22)12-6-7-13(14(10-12)20(23)24)19-8-4-3-5-9-19/h6-7,10H,2-5,8-9,11H2,1H3,(H,17,21)(H,18,22). The van der Waals surface area contributed by atoms with Crippen molar-refractivity contribution in [2.45, 2.75) is 26.2 Å². The molecule has 8 heteroatoms. The van der Waals surface area contributed by atoms with Gasteiger partial charge in [-0.1, -0.05) is 0 Å². The average molecular weight is 334 g/mol. The normalized spacial score (nSPS) is 14.1. The summed E-state index contributed by atoms with van der Waals surface area (Å²) in [5, 5.41) is 16.4. The zero-order valence-corrected chi connectivity index (χ0v) is 13.7. The summed E-state index contributed by atoms with van der Waals surface area (Å²) in [7, 11) is 0. The van der Waals surface area contributed by atoms with Gasteiger partial charge in [0.2, 0.25) is 5.91 Å². The van der Waals surface area contributed by atoms with E-state index in [4.69, 9.17) is 0 Å². The van der Waals surface area contributed by atoms with Crippen molar-refractivity contribution in [2.24, 2.45) is 0 Å². The van der Waals surface area contributed by atoms with Gasteiger partial charge in [0, 0.05) is 31.3 Å². The summed E-state index contributed by atoms with van der Waals surface area (Å²) >= 11 is 0. The van der Waals surface area contributed by atoms with Crippen molar-refractivity contribution in [3.05, 3.63) is 33.9 Å². The number of nitrogens with one attached hydrogen (secondary N) is 2. The SMILES string of the molecule is CCNC(=O)CNC(=O)c1ccc(N2CCCCC2)c([N+](=O)[O-])c1. The smallest absolute Gasteiger partial charge is 0.293 e. The third-order valence-corrected chi connectivity index (χ3v) is 3.91. The predicted molar refractivity (Wildman–Crippen MR) is 90.2 cm³/mol. The number of hydrogen-bond acceptors (Lipinski definition) is 5. The number of amides is 2. The van der Waals surface area contributed by atoms with Gasteiger partial charge < -0.3 is 15.5 Å². The number of nitro groups is 1. The summed E-state index contributed by atoms with van der Waals surface area (Å²) in [6.07, 6.45) is 3.14. The molecule has 0 saturated carbocycles. The number of rotatable bonds is 6. The number of carbonyl (C=O) groups excluding carboxylic acids is 2. The van der Waals surface area contributed by atoms with Crippen LogP contribution in [0.1, 0.15) is 36.5 Å². The Hall–Kier alpha value is -2.64. The summed E-state index contributed by atoms with van der Waals surface area (Å²) in [6, 6.07) is 4.45. The van der Waals surface area contributed by atoms with E-state index in [2.05, 4.69) is 10.6 Å². The fraction of sp³-hybridized carbons (Fsp3) is 0.500. The first-order valence-electron chi connectivity index (χ1n) is 8.11. The van der Waals surface area contributed by atoms with Crippen molar-refractivity contribution in [3.8, 4) is 0 Å². The second-order valence-corrected chi connectivity index (χ2v) is 5.64. The molecule has 2 rings (SSSR count). The fourth-order valence-electron chi connectivity index (χ4n) is 2.74. The summed E-state index contributed by atoms with van der Waals surface area (Å²) in [5.41, 5.74) is 0.634. The van der Waals surface area contributed by atoms with Gasteiger partial charge in [-0.25, -0.2) is 0 Å². The van der Waals surface area contributed by atoms with E-state index in [-0.39, 0.29) is 23.7 Å². The molecule has 0 atom stereocenters. The predicted octanol–water partition coefficient (Wildman–Crippen LogP) is 1.45. The number of benzene rings is 1. The van der Waals surface area contributed by atoms with Crippen LogP contribution in [0.25, 0.3) is 0 Å². The number of piperidine rings is 1. The van der Waals surface area contributed by atoms with Gasteiger partial charge in [0.15, 0.2) is 0 Å². The molecule has 130 valence electrons. The molecule has 8 nitrogen and oxygen atoms in total. The van der Waals surface area contributed by atoms with E-state index in [9.17, 15) is 19.7 Å². The lowest BCUT2D eigenvalue weighted by Crippen LogP contribution is -2.36. The van der Waals surface area contributed by atoms with Gasteiger partial charge in [-0.05, 0) is 38.3 Å².